The first-order valence-corrected chi connectivity index (χ1v) is 8.51. The normalized spacial score (nSPS) is 26.9. The molecule has 0 bridgehead atoms. The van der Waals surface area contributed by atoms with Gasteiger partial charge in [0.2, 0.25) is 5.91 Å². The summed E-state index contributed by atoms with van der Waals surface area (Å²) in [6.45, 7) is 5.44. The van der Waals surface area contributed by atoms with Crippen LogP contribution in [0.4, 0.5) is 0 Å². The van der Waals surface area contributed by atoms with Gasteiger partial charge < -0.3 is 20.1 Å². The molecule has 0 spiro atoms. The van der Waals surface area contributed by atoms with Crippen molar-refractivity contribution in [1.82, 2.24) is 10.6 Å². The van der Waals surface area contributed by atoms with Crippen molar-refractivity contribution in [3.63, 3.8) is 0 Å². The summed E-state index contributed by atoms with van der Waals surface area (Å²) >= 11 is 0. The zero-order valence-corrected chi connectivity index (χ0v) is 13.2. The van der Waals surface area contributed by atoms with E-state index in [-0.39, 0.29) is 17.9 Å². The maximum absolute atomic E-state index is 12.2. The van der Waals surface area contributed by atoms with Crippen molar-refractivity contribution in [2.45, 2.75) is 57.6 Å². The molecule has 0 aromatic carbocycles. The second kappa shape index (κ2) is 9.38. The molecule has 5 heteroatoms. The highest BCUT2D eigenvalue weighted by Gasteiger charge is 2.33. The average molecular weight is 298 g/mol. The van der Waals surface area contributed by atoms with Gasteiger partial charge in [-0.1, -0.05) is 26.2 Å². The van der Waals surface area contributed by atoms with Crippen LogP contribution in [-0.4, -0.2) is 51.0 Å². The highest BCUT2D eigenvalue weighted by molar-refractivity contribution is 5.79. The highest BCUT2D eigenvalue weighted by atomic mass is 16.5. The number of carbonyl (C=O) groups is 1. The van der Waals surface area contributed by atoms with Crippen molar-refractivity contribution in [1.29, 1.82) is 0 Å². The maximum Gasteiger partial charge on any atom is 0.227 e. The third-order valence-corrected chi connectivity index (χ3v) is 4.38. The molecule has 1 aliphatic heterocycles. The summed E-state index contributed by atoms with van der Waals surface area (Å²) in [4.78, 5) is 12.2. The van der Waals surface area contributed by atoms with E-state index in [1.165, 1.54) is 32.1 Å². The standard InChI is InChI=1S/C16H30N2O3/c1-2-8-17-15-12-20-11-14(15)16(19)18-9-10-21-13-6-4-3-5-7-13/h13-15,17H,2-12H2,1H3,(H,18,19). The molecule has 2 aliphatic rings. The van der Waals surface area contributed by atoms with Crippen LogP contribution in [0.1, 0.15) is 45.4 Å². The zero-order chi connectivity index (χ0) is 14.9. The van der Waals surface area contributed by atoms with Gasteiger partial charge >= 0.3 is 0 Å². The van der Waals surface area contributed by atoms with Gasteiger partial charge in [0, 0.05) is 12.6 Å². The Morgan fingerprint density at radius 3 is 2.76 bits per heavy atom. The predicted octanol–water partition coefficient (Wildman–Crippen LogP) is 1.47. The fourth-order valence-electron chi connectivity index (χ4n) is 3.11. The van der Waals surface area contributed by atoms with Crippen LogP contribution >= 0.6 is 0 Å². The van der Waals surface area contributed by atoms with Gasteiger partial charge in [-0.15, -0.1) is 0 Å². The lowest BCUT2D eigenvalue weighted by atomic mass is 9.98. The fraction of sp³-hybridized carbons (Fsp3) is 0.938. The van der Waals surface area contributed by atoms with Crippen LogP contribution in [0.3, 0.4) is 0 Å². The monoisotopic (exact) mass is 298 g/mol. The Labute approximate surface area is 128 Å². The van der Waals surface area contributed by atoms with Crippen molar-refractivity contribution in [3.8, 4) is 0 Å². The molecule has 1 saturated heterocycles. The van der Waals surface area contributed by atoms with Gasteiger partial charge in [0.1, 0.15) is 0 Å². The molecular formula is C16H30N2O3. The number of nitrogens with one attached hydrogen (secondary N) is 2. The van der Waals surface area contributed by atoms with Crippen LogP contribution < -0.4 is 10.6 Å². The molecule has 0 radical (unpaired) electrons. The molecule has 2 fully saturated rings. The van der Waals surface area contributed by atoms with Crippen molar-refractivity contribution in [3.05, 3.63) is 0 Å². The van der Waals surface area contributed by atoms with E-state index >= 15 is 0 Å². The first-order valence-electron chi connectivity index (χ1n) is 8.51. The molecule has 5 nitrogen and oxygen atoms in total. The molecule has 2 unspecified atom stereocenters. The van der Waals surface area contributed by atoms with Crippen LogP contribution in [-0.2, 0) is 14.3 Å². The molecule has 21 heavy (non-hydrogen) atoms. The van der Waals surface area contributed by atoms with E-state index in [1.54, 1.807) is 0 Å². The number of hydrogen-bond acceptors (Lipinski definition) is 4. The van der Waals surface area contributed by atoms with E-state index in [9.17, 15) is 4.79 Å². The fourth-order valence-corrected chi connectivity index (χ4v) is 3.11. The van der Waals surface area contributed by atoms with E-state index in [4.69, 9.17) is 9.47 Å². The van der Waals surface area contributed by atoms with Crippen LogP contribution in [0.5, 0.6) is 0 Å². The summed E-state index contributed by atoms with van der Waals surface area (Å²) in [6.07, 6.45) is 7.72. The smallest absolute Gasteiger partial charge is 0.227 e. The van der Waals surface area contributed by atoms with E-state index in [1.807, 2.05) is 0 Å². The number of hydrogen-bond donors (Lipinski definition) is 2. The highest BCUT2D eigenvalue weighted by Crippen LogP contribution is 2.20. The molecule has 0 aromatic rings. The van der Waals surface area contributed by atoms with Crippen molar-refractivity contribution in [2.75, 3.05) is 32.9 Å². The zero-order valence-electron chi connectivity index (χ0n) is 13.2. The second-order valence-electron chi connectivity index (χ2n) is 6.13. The summed E-state index contributed by atoms with van der Waals surface area (Å²) in [5.41, 5.74) is 0. The lowest BCUT2D eigenvalue weighted by Gasteiger charge is -2.22. The molecule has 2 rings (SSSR count). The van der Waals surface area contributed by atoms with Gasteiger partial charge in [-0.3, -0.25) is 4.79 Å². The SMILES string of the molecule is CCCNC1COCC1C(=O)NCCOC1CCCCC1. The minimum Gasteiger partial charge on any atom is -0.379 e. The first kappa shape index (κ1) is 16.7. The van der Waals surface area contributed by atoms with Gasteiger partial charge in [-0.2, -0.15) is 0 Å². The van der Waals surface area contributed by atoms with Crippen LogP contribution in [0.25, 0.3) is 0 Å². The molecule has 122 valence electrons. The molecule has 1 aliphatic carbocycles. The van der Waals surface area contributed by atoms with Crippen LogP contribution in [0, 0.1) is 5.92 Å². The Balaban J connectivity index is 1.59. The van der Waals surface area contributed by atoms with E-state index in [2.05, 4.69) is 17.6 Å². The summed E-state index contributed by atoms with van der Waals surface area (Å²) in [5, 5.41) is 6.37. The summed E-state index contributed by atoms with van der Waals surface area (Å²) < 4.78 is 11.3. The Morgan fingerprint density at radius 2 is 2.00 bits per heavy atom. The summed E-state index contributed by atoms with van der Waals surface area (Å²) in [6, 6.07) is 0.157. The van der Waals surface area contributed by atoms with E-state index < -0.39 is 0 Å². The quantitative estimate of drug-likeness (QED) is 0.666. The van der Waals surface area contributed by atoms with Gasteiger partial charge in [-0.05, 0) is 25.8 Å². The molecule has 1 amide bonds. The third-order valence-electron chi connectivity index (χ3n) is 4.38. The first-order chi connectivity index (χ1) is 10.3. The minimum atomic E-state index is -0.0637. The van der Waals surface area contributed by atoms with Crippen molar-refractivity contribution in [2.24, 2.45) is 5.92 Å². The molecule has 2 atom stereocenters. The Morgan fingerprint density at radius 1 is 1.19 bits per heavy atom. The maximum atomic E-state index is 12.2. The van der Waals surface area contributed by atoms with Crippen molar-refractivity contribution >= 4 is 5.91 Å². The molecule has 1 heterocycles. The molecule has 0 aromatic heterocycles. The lowest BCUT2D eigenvalue weighted by molar-refractivity contribution is -0.125. The second-order valence-corrected chi connectivity index (χ2v) is 6.13. The Bertz CT molecular complexity index is 306. The van der Waals surface area contributed by atoms with Crippen LogP contribution in [0.15, 0.2) is 0 Å². The largest absolute Gasteiger partial charge is 0.379 e. The minimum absolute atomic E-state index is 0.0637. The lowest BCUT2D eigenvalue weighted by Crippen LogP contribution is -2.45. The number of amides is 1. The van der Waals surface area contributed by atoms with Gasteiger partial charge in [-0.25, -0.2) is 0 Å². The van der Waals surface area contributed by atoms with E-state index in [0.717, 1.165) is 13.0 Å². The molecule has 2 N–H and O–H groups in total. The Kier molecular flexibility index (Phi) is 7.47. The predicted molar refractivity (Wildman–Crippen MR) is 82.2 cm³/mol. The number of rotatable bonds is 8. The van der Waals surface area contributed by atoms with Crippen LogP contribution in [0.2, 0.25) is 0 Å². The summed E-state index contributed by atoms with van der Waals surface area (Å²) in [5.74, 6) is 0.0274. The van der Waals surface area contributed by atoms with Gasteiger partial charge in [0.05, 0.1) is 31.8 Å². The average Bonchev–Trinajstić information content (AvgIpc) is 2.99. The topological polar surface area (TPSA) is 59.6 Å². The molecule has 1 saturated carbocycles. The number of ether oxygens (including phenoxy) is 2. The third kappa shape index (κ3) is 5.57. The summed E-state index contributed by atoms with van der Waals surface area (Å²) in [7, 11) is 0. The van der Waals surface area contributed by atoms with Gasteiger partial charge in [0.15, 0.2) is 0 Å². The van der Waals surface area contributed by atoms with E-state index in [0.29, 0.717) is 32.5 Å². The molecular weight excluding hydrogens is 268 g/mol. The van der Waals surface area contributed by atoms with Gasteiger partial charge in [0.25, 0.3) is 0 Å². The number of carbonyl (C=O) groups excluding carboxylic acids is 1. The van der Waals surface area contributed by atoms with Crippen molar-refractivity contribution < 1.29 is 14.3 Å². The Hall–Kier alpha value is -0.650.